The summed E-state index contributed by atoms with van der Waals surface area (Å²) in [6.45, 7) is 1.25. The van der Waals surface area contributed by atoms with Crippen molar-refractivity contribution in [3.63, 3.8) is 0 Å². The molecule has 4 heteroatoms. The Labute approximate surface area is 103 Å². The van der Waals surface area contributed by atoms with Gasteiger partial charge in [0.15, 0.2) is 0 Å². The summed E-state index contributed by atoms with van der Waals surface area (Å²) < 4.78 is 0. The van der Waals surface area contributed by atoms with Crippen LogP contribution in [0.25, 0.3) is 0 Å². The molecular formula is C13H24N2O2. The number of carbonyl (C=O) groups is 1. The number of amides is 1. The van der Waals surface area contributed by atoms with E-state index in [1.54, 1.807) is 0 Å². The van der Waals surface area contributed by atoms with E-state index in [1.165, 1.54) is 19.3 Å². The van der Waals surface area contributed by atoms with Gasteiger partial charge in [-0.3, -0.25) is 4.79 Å². The van der Waals surface area contributed by atoms with Crippen LogP contribution in [0.15, 0.2) is 0 Å². The fourth-order valence-electron chi connectivity index (χ4n) is 3.11. The first kappa shape index (κ1) is 12.8. The van der Waals surface area contributed by atoms with Gasteiger partial charge in [-0.15, -0.1) is 0 Å². The number of aliphatic hydroxyl groups is 1. The standard InChI is InChI=1S/C13H24N2O2/c1-14-13(6-3-2-4-7-13)9-12(17)15-8-5-11(16)10-15/h11,14,16H,2-10H2,1H3/t11-/m1/s1. The van der Waals surface area contributed by atoms with Gasteiger partial charge in [0.05, 0.1) is 6.10 Å². The van der Waals surface area contributed by atoms with Crippen molar-refractivity contribution in [2.75, 3.05) is 20.1 Å². The fourth-order valence-corrected chi connectivity index (χ4v) is 3.11. The predicted molar refractivity (Wildman–Crippen MR) is 66.7 cm³/mol. The molecule has 2 rings (SSSR count). The average Bonchev–Trinajstić information content (AvgIpc) is 2.77. The maximum absolute atomic E-state index is 12.2. The summed E-state index contributed by atoms with van der Waals surface area (Å²) in [5.41, 5.74) is 0.0167. The van der Waals surface area contributed by atoms with Crippen molar-refractivity contribution in [3.8, 4) is 0 Å². The number of hydrogen-bond donors (Lipinski definition) is 2. The maximum Gasteiger partial charge on any atom is 0.224 e. The van der Waals surface area contributed by atoms with E-state index in [1.807, 2.05) is 11.9 Å². The van der Waals surface area contributed by atoms with Crippen molar-refractivity contribution in [2.45, 2.75) is 56.6 Å². The highest BCUT2D eigenvalue weighted by atomic mass is 16.3. The Morgan fingerprint density at radius 1 is 1.41 bits per heavy atom. The second-order valence-electron chi connectivity index (χ2n) is 5.55. The molecule has 0 bridgehead atoms. The van der Waals surface area contributed by atoms with Crippen LogP contribution in [-0.4, -0.2) is 47.7 Å². The lowest BCUT2D eigenvalue weighted by atomic mass is 9.79. The lowest BCUT2D eigenvalue weighted by Crippen LogP contribution is -2.48. The molecule has 0 radical (unpaired) electrons. The summed E-state index contributed by atoms with van der Waals surface area (Å²) >= 11 is 0. The van der Waals surface area contributed by atoms with Crippen molar-refractivity contribution < 1.29 is 9.90 Å². The van der Waals surface area contributed by atoms with E-state index in [2.05, 4.69) is 5.32 Å². The van der Waals surface area contributed by atoms with Gasteiger partial charge in [0, 0.05) is 25.0 Å². The van der Waals surface area contributed by atoms with Gasteiger partial charge in [0.1, 0.15) is 0 Å². The number of hydrogen-bond acceptors (Lipinski definition) is 3. The second-order valence-corrected chi connectivity index (χ2v) is 5.55. The van der Waals surface area contributed by atoms with E-state index in [9.17, 15) is 9.90 Å². The highest BCUT2D eigenvalue weighted by Gasteiger charge is 2.35. The summed E-state index contributed by atoms with van der Waals surface area (Å²) in [7, 11) is 1.97. The van der Waals surface area contributed by atoms with Crippen molar-refractivity contribution in [1.29, 1.82) is 0 Å². The van der Waals surface area contributed by atoms with Crippen LogP contribution in [0.1, 0.15) is 44.9 Å². The molecule has 17 heavy (non-hydrogen) atoms. The molecule has 1 saturated heterocycles. The Morgan fingerprint density at radius 2 is 2.12 bits per heavy atom. The van der Waals surface area contributed by atoms with Gasteiger partial charge < -0.3 is 15.3 Å². The third-order valence-electron chi connectivity index (χ3n) is 4.35. The van der Waals surface area contributed by atoms with E-state index in [4.69, 9.17) is 0 Å². The van der Waals surface area contributed by atoms with Gasteiger partial charge in [-0.2, -0.15) is 0 Å². The largest absolute Gasteiger partial charge is 0.391 e. The first-order valence-corrected chi connectivity index (χ1v) is 6.80. The number of β-amino-alcohol motifs (C(OH)–C–C–N with tert-alkyl or cyclic N) is 1. The van der Waals surface area contributed by atoms with E-state index < -0.39 is 0 Å². The third-order valence-corrected chi connectivity index (χ3v) is 4.35. The molecule has 0 aromatic carbocycles. The molecule has 4 nitrogen and oxygen atoms in total. The fraction of sp³-hybridized carbons (Fsp3) is 0.923. The zero-order chi connectivity index (χ0) is 12.3. The molecule has 0 aromatic rings. The van der Waals surface area contributed by atoms with Crippen LogP contribution < -0.4 is 5.32 Å². The first-order valence-electron chi connectivity index (χ1n) is 6.80. The molecule has 1 heterocycles. The molecule has 2 fully saturated rings. The lowest BCUT2D eigenvalue weighted by Gasteiger charge is -2.37. The average molecular weight is 240 g/mol. The smallest absolute Gasteiger partial charge is 0.224 e. The molecule has 0 aromatic heterocycles. The molecule has 1 amide bonds. The Kier molecular flexibility index (Phi) is 4.05. The third kappa shape index (κ3) is 2.99. The molecule has 2 N–H and O–H groups in total. The summed E-state index contributed by atoms with van der Waals surface area (Å²) in [5, 5.41) is 12.8. The molecule has 0 unspecified atom stereocenters. The van der Waals surface area contributed by atoms with Crippen LogP contribution in [0.4, 0.5) is 0 Å². The van der Waals surface area contributed by atoms with Crippen LogP contribution >= 0.6 is 0 Å². The number of nitrogens with zero attached hydrogens (tertiary/aromatic N) is 1. The molecule has 1 atom stereocenters. The van der Waals surface area contributed by atoms with Gasteiger partial charge in [0.25, 0.3) is 0 Å². The van der Waals surface area contributed by atoms with Crippen molar-refractivity contribution in [3.05, 3.63) is 0 Å². The van der Waals surface area contributed by atoms with Gasteiger partial charge in [0.2, 0.25) is 5.91 Å². The van der Waals surface area contributed by atoms with Crippen molar-refractivity contribution in [1.82, 2.24) is 10.2 Å². The zero-order valence-electron chi connectivity index (χ0n) is 10.7. The minimum absolute atomic E-state index is 0.0167. The minimum Gasteiger partial charge on any atom is -0.391 e. The number of likely N-dealkylation sites (tertiary alicyclic amines) is 1. The normalized spacial score (nSPS) is 28.4. The monoisotopic (exact) mass is 240 g/mol. The number of nitrogens with one attached hydrogen (secondary N) is 1. The zero-order valence-corrected chi connectivity index (χ0v) is 10.7. The molecular weight excluding hydrogens is 216 g/mol. The van der Waals surface area contributed by atoms with Crippen molar-refractivity contribution in [2.24, 2.45) is 0 Å². The highest BCUT2D eigenvalue weighted by molar-refractivity contribution is 5.77. The predicted octanol–water partition coefficient (Wildman–Crippen LogP) is 0.892. The molecule has 1 aliphatic carbocycles. The van der Waals surface area contributed by atoms with Gasteiger partial charge in [-0.25, -0.2) is 0 Å². The topological polar surface area (TPSA) is 52.6 Å². The molecule has 1 saturated carbocycles. The summed E-state index contributed by atoms with van der Waals surface area (Å²) in [4.78, 5) is 14.0. The molecule has 0 spiro atoms. The van der Waals surface area contributed by atoms with Gasteiger partial charge in [-0.1, -0.05) is 19.3 Å². The van der Waals surface area contributed by atoms with E-state index in [0.29, 0.717) is 13.0 Å². The van der Waals surface area contributed by atoms with Gasteiger partial charge in [-0.05, 0) is 26.3 Å². The van der Waals surface area contributed by atoms with E-state index in [0.717, 1.165) is 25.8 Å². The van der Waals surface area contributed by atoms with Crippen molar-refractivity contribution >= 4 is 5.91 Å². The Balaban J connectivity index is 1.91. The molecule has 98 valence electrons. The van der Waals surface area contributed by atoms with Gasteiger partial charge >= 0.3 is 0 Å². The Hall–Kier alpha value is -0.610. The van der Waals surface area contributed by atoms with Crippen LogP contribution in [-0.2, 0) is 4.79 Å². The van der Waals surface area contributed by atoms with Crippen LogP contribution in [0.5, 0.6) is 0 Å². The van der Waals surface area contributed by atoms with E-state index in [-0.39, 0.29) is 17.6 Å². The van der Waals surface area contributed by atoms with Crippen LogP contribution in [0, 0.1) is 0 Å². The molecule has 1 aliphatic heterocycles. The molecule has 2 aliphatic rings. The summed E-state index contributed by atoms with van der Waals surface area (Å²) in [5.74, 6) is 0.206. The number of rotatable bonds is 3. The maximum atomic E-state index is 12.2. The minimum atomic E-state index is -0.309. The Bertz CT molecular complexity index is 275. The summed E-state index contributed by atoms with van der Waals surface area (Å²) in [6.07, 6.45) is 6.95. The van der Waals surface area contributed by atoms with Crippen LogP contribution in [0.2, 0.25) is 0 Å². The summed E-state index contributed by atoms with van der Waals surface area (Å²) in [6, 6.07) is 0. The second kappa shape index (κ2) is 5.36. The Morgan fingerprint density at radius 3 is 2.65 bits per heavy atom. The first-order chi connectivity index (χ1) is 8.15. The highest BCUT2D eigenvalue weighted by Crippen LogP contribution is 2.31. The van der Waals surface area contributed by atoms with E-state index >= 15 is 0 Å². The number of aliphatic hydroxyl groups excluding tert-OH is 1. The number of carbonyl (C=O) groups excluding carboxylic acids is 1. The SMILES string of the molecule is CNC1(CC(=O)N2CC[C@@H](O)C2)CCCCC1. The quantitative estimate of drug-likeness (QED) is 0.770. The lowest BCUT2D eigenvalue weighted by molar-refractivity contribution is -0.132. The van der Waals surface area contributed by atoms with Crippen LogP contribution in [0.3, 0.4) is 0 Å².